The molecule has 3 aromatic rings. The number of amides is 1. The summed E-state index contributed by atoms with van der Waals surface area (Å²) in [6.07, 6.45) is 1.28. The molecular weight excluding hydrogens is 403 g/mol. The minimum Gasteiger partial charge on any atom is -0.483 e. The molecule has 146 valence electrons. The Hall–Kier alpha value is -2.79. The highest BCUT2D eigenvalue weighted by molar-refractivity contribution is 7.99. The minimum absolute atomic E-state index is 0.141. The highest BCUT2D eigenvalue weighted by Gasteiger charge is 2.20. The number of allylic oxidation sites excluding steroid dienone is 1. The van der Waals surface area contributed by atoms with E-state index in [1.54, 1.807) is 18.2 Å². The van der Waals surface area contributed by atoms with Crippen molar-refractivity contribution in [1.29, 1.82) is 0 Å². The Morgan fingerprint density at radius 2 is 2.18 bits per heavy atom. The molecule has 1 unspecified atom stereocenters. The molecule has 1 N–H and O–H groups in total. The van der Waals surface area contributed by atoms with Gasteiger partial charge in [0.25, 0.3) is 0 Å². The second-order valence-corrected chi connectivity index (χ2v) is 7.31. The molecule has 28 heavy (non-hydrogen) atoms. The first-order chi connectivity index (χ1) is 13.6. The fourth-order valence-corrected chi connectivity index (χ4v) is 3.51. The molecule has 2 aromatic heterocycles. The second kappa shape index (κ2) is 9.42. The molecule has 3 rings (SSSR count). The van der Waals surface area contributed by atoms with Gasteiger partial charge in [-0.05, 0) is 31.2 Å². The maximum atomic E-state index is 13.0. The number of ether oxygens (including phenoxy) is 1. The van der Waals surface area contributed by atoms with Gasteiger partial charge in [0, 0.05) is 6.54 Å². The summed E-state index contributed by atoms with van der Waals surface area (Å²) < 4.78 is 20.7. The average molecular weight is 420 g/mol. The Morgan fingerprint density at radius 1 is 1.39 bits per heavy atom. The number of aromatic nitrogens is 5. The summed E-state index contributed by atoms with van der Waals surface area (Å²) in [5.74, 6) is 0.693. The third-order valence-electron chi connectivity index (χ3n) is 3.49. The third kappa shape index (κ3) is 5.14. The molecule has 0 aliphatic rings. The van der Waals surface area contributed by atoms with Gasteiger partial charge in [-0.2, -0.15) is 0 Å². The summed E-state index contributed by atoms with van der Waals surface area (Å²) in [4.78, 5) is 12.0. The van der Waals surface area contributed by atoms with E-state index < -0.39 is 6.10 Å². The fraction of sp³-hybridized carbons (Fsp3) is 0.235. The fourth-order valence-electron chi connectivity index (χ4n) is 2.29. The molecule has 0 bridgehead atoms. The van der Waals surface area contributed by atoms with Crippen molar-refractivity contribution in [3.63, 3.8) is 0 Å². The van der Waals surface area contributed by atoms with Crippen LogP contribution in [-0.2, 0) is 11.3 Å². The van der Waals surface area contributed by atoms with Crippen LogP contribution >= 0.6 is 23.1 Å². The summed E-state index contributed by atoms with van der Waals surface area (Å²) in [5.41, 5.74) is 1.54. The van der Waals surface area contributed by atoms with Gasteiger partial charge in [-0.3, -0.25) is 14.7 Å². The van der Waals surface area contributed by atoms with Crippen LogP contribution in [0, 0.1) is 5.82 Å². The smallest absolute Gasteiger partial charge is 0.236 e. The molecule has 0 saturated heterocycles. The van der Waals surface area contributed by atoms with Crippen LogP contribution in [0.15, 0.2) is 47.6 Å². The van der Waals surface area contributed by atoms with E-state index in [1.807, 2.05) is 11.5 Å². The number of thioether (sulfide) groups is 1. The molecule has 1 amide bonds. The molecule has 0 saturated carbocycles. The lowest BCUT2D eigenvalue weighted by atomic mass is 10.3. The van der Waals surface area contributed by atoms with Gasteiger partial charge in [-0.15, -0.1) is 27.0 Å². The van der Waals surface area contributed by atoms with E-state index in [9.17, 15) is 9.18 Å². The van der Waals surface area contributed by atoms with Gasteiger partial charge in [-0.1, -0.05) is 29.2 Å². The molecular formula is C17H17FN6O2S2. The van der Waals surface area contributed by atoms with Gasteiger partial charge < -0.3 is 4.74 Å². The molecule has 0 fully saturated rings. The largest absolute Gasteiger partial charge is 0.483 e. The van der Waals surface area contributed by atoms with E-state index in [1.165, 1.54) is 40.7 Å². The summed E-state index contributed by atoms with van der Waals surface area (Å²) in [6, 6.07) is 5.75. The number of carbonyl (C=O) groups is 1. The van der Waals surface area contributed by atoms with Crippen molar-refractivity contribution in [2.75, 3.05) is 11.1 Å². The Labute approximate surface area is 168 Å². The minimum atomic E-state index is -0.428. The van der Waals surface area contributed by atoms with Crippen molar-refractivity contribution < 1.29 is 13.9 Å². The highest BCUT2D eigenvalue weighted by atomic mass is 32.2. The molecule has 11 heteroatoms. The molecule has 1 aromatic carbocycles. The van der Waals surface area contributed by atoms with E-state index in [2.05, 4.69) is 32.3 Å². The van der Waals surface area contributed by atoms with E-state index in [0.717, 1.165) is 0 Å². The molecule has 0 radical (unpaired) electrons. The molecule has 0 aliphatic carbocycles. The van der Waals surface area contributed by atoms with Crippen LogP contribution in [0.2, 0.25) is 0 Å². The second-order valence-electron chi connectivity index (χ2n) is 5.53. The summed E-state index contributed by atoms with van der Waals surface area (Å²) >= 11 is 2.49. The van der Waals surface area contributed by atoms with Crippen molar-refractivity contribution in [3.8, 4) is 5.75 Å². The Kier molecular flexibility index (Phi) is 6.71. The maximum Gasteiger partial charge on any atom is 0.236 e. The Balaban J connectivity index is 1.67. The van der Waals surface area contributed by atoms with Crippen LogP contribution in [0.5, 0.6) is 5.75 Å². The lowest BCUT2D eigenvalue weighted by Crippen LogP contribution is -2.15. The number of anilines is 1. The van der Waals surface area contributed by atoms with Crippen molar-refractivity contribution >= 4 is 34.1 Å². The van der Waals surface area contributed by atoms with E-state index >= 15 is 0 Å². The first-order valence-electron chi connectivity index (χ1n) is 8.22. The van der Waals surface area contributed by atoms with Gasteiger partial charge in [0.15, 0.2) is 17.1 Å². The van der Waals surface area contributed by atoms with Gasteiger partial charge in [0.2, 0.25) is 11.0 Å². The van der Waals surface area contributed by atoms with E-state index in [4.69, 9.17) is 4.74 Å². The van der Waals surface area contributed by atoms with Gasteiger partial charge in [0.1, 0.15) is 17.1 Å². The van der Waals surface area contributed by atoms with Gasteiger partial charge >= 0.3 is 0 Å². The zero-order chi connectivity index (χ0) is 19.9. The monoisotopic (exact) mass is 420 g/mol. The normalized spacial score (nSPS) is 11.8. The number of rotatable bonds is 9. The number of carbonyl (C=O) groups excluding carboxylic acids is 1. The predicted octanol–water partition coefficient (Wildman–Crippen LogP) is 3.33. The van der Waals surface area contributed by atoms with Crippen LogP contribution in [-0.4, -0.2) is 36.6 Å². The van der Waals surface area contributed by atoms with Crippen LogP contribution in [0.25, 0.3) is 0 Å². The number of hydrogen-bond donors (Lipinski definition) is 1. The van der Waals surface area contributed by atoms with Crippen LogP contribution in [0.3, 0.4) is 0 Å². The highest BCUT2D eigenvalue weighted by Crippen LogP contribution is 2.25. The third-order valence-corrected chi connectivity index (χ3v) is 5.06. The quantitative estimate of drug-likeness (QED) is 0.419. The number of hydrogen-bond acceptors (Lipinski definition) is 8. The number of halogens is 1. The van der Waals surface area contributed by atoms with Gasteiger partial charge in [-0.25, -0.2) is 4.39 Å². The molecule has 8 nitrogen and oxygen atoms in total. The van der Waals surface area contributed by atoms with E-state index in [-0.39, 0.29) is 17.5 Å². The Morgan fingerprint density at radius 3 is 2.86 bits per heavy atom. The van der Waals surface area contributed by atoms with Crippen molar-refractivity contribution in [2.24, 2.45) is 0 Å². The summed E-state index contributed by atoms with van der Waals surface area (Å²) in [5, 5.41) is 19.5. The SMILES string of the molecule is C=CCn1c(SCC(=O)Nc2nncs2)nnc1C(C)Oc1ccc(F)cc1. The molecule has 2 heterocycles. The topological polar surface area (TPSA) is 94.8 Å². The molecule has 0 spiro atoms. The van der Waals surface area contributed by atoms with Gasteiger partial charge in [0.05, 0.1) is 5.75 Å². The van der Waals surface area contributed by atoms with Crippen LogP contribution in [0.4, 0.5) is 9.52 Å². The maximum absolute atomic E-state index is 13.0. The number of nitrogens with zero attached hydrogens (tertiary/aromatic N) is 5. The van der Waals surface area contributed by atoms with E-state index in [0.29, 0.717) is 28.4 Å². The van der Waals surface area contributed by atoms with Crippen molar-refractivity contribution in [1.82, 2.24) is 25.0 Å². The first kappa shape index (κ1) is 20.0. The first-order valence-corrected chi connectivity index (χ1v) is 10.1. The number of nitrogens with one attached hydrogen (secondary N) is 1. The molecule has 1 atom stereocenters. The molecule has 0 aliphatic heterocycles. The Bertz CT molecular complexity index is 930. The zero-order valence-corrected chi connectivity index (χ0v) is 16.5. The van der Waals surface area contributed by atoms with Crippen molar-refractivity contribution in [2.45, 2.75) is 24.7 Å². The summed E-state index contributed by atoms with van der Waals surface area (Å²) in [7, 11) is 0. The lowest BCUT2D eigenvalue weighted by Gasteiger charge is -2.15. The van der Waals surface area contributed by atoms with Crippen LogP contribution in [0.1, 0.15) is 18.9 Å². The standard InChI is InChI=1S/C17H17FN6O2S2/c1-3-8-24-15(11(2)26-13-6-4-12(18)5-7-13)21-23-17(24)27-9-14(25)20-16-22-19-10-28-16/h3-7,10-11H,1,8-9H2,2H3,(H,20,22,25). The van der Waals surface area contributed by atoms with Crippen LogP contribution < -0.4 is 10.1 Å². The average Bonchev–Trinajstić information content (AvgIpc) is 3.32. The predicted molar refractivity (Wildman–Crippen MR) is 105 cm³/mol. The number of benzene rings is 1. The summed E-state index contributed by atoms with van der Waals surface area (Å²) in [6.45, 7) is 6.04. The lowest BCUT2D eigenvalue weighted by molar-refractivity contribution is -0.113. The van der Waals surface area contributed by atoms with Crippen molar-refractivity contribution in [3.05, 3.63) is 54.1 Å². The zero-order valence-electron chi connectivity index (χ0n) is 14.9.